The van der Waals surface area contributed by atoms with E-state index < -0.39 is 0 Å². The highest BCUT2D eigenvalue weighted by Gasteiger charge is 2.23. The van der Waals surface area contributed by atoms with Gasteiger partial charge in [0.1, 0.15) is 0 Å². The number of aliphatic hydroxyl groups is 1. The van der Waals surface area contributed by atoms with Crippen molar-refractivity contribution in [2.75, 3.05) is 19.4 Å². The molecule has 1 aromatic heterocycles. The summed E-state index contributed by atoms with van der Waals surface area (Å²) in [6.07, 6.45) is 6.48. The van der Waals surface area contributed by atoms with Gasteiger partial charge in [0, 0.05) is 31.8 Å². The maximum absolute atomic E-state index is 12.8. The Balaban J connectivity index is 1.83. The van der Waals surface area contributed by atoms with Gasteiger partial charge in [-0.2, -0.15) is 0 Å². The third kappa shape index (κ3) is 3.24. The molecule has 1 saturated carbocycles. The minimum atomic E-state index is 0.0484. The van der Waals surface area contributed by atoms with E-state index in [9.17, 15) is 4.79 Å². The number of hydrogen-bond donors (Lipinski definition) is 2. The quantitative estimate of drug-likeness (QED) is 0.881. The van der Waals surface area contributed by atoms with Crippen LogP contribution in [0.3, 0.4) is 0 Å². The van der Waals surface area contributed by atoms with E-state index in [-0.39, 0.29) is 12.5 Å². The maximum atomic E-state index is 12.8. The number of aryl methyl sites for hydroxylation is 1. The first kappa shape index (κ1) is 16.8. The third-order valence-electron chi connectivity index (χ3n) is 5.01. The number of aromatic nitrogens is 2. The van der Waals surface area contributed by atoms with E-state index in [1.807, 2.05) is 34.7 Å². The molecule has 6 nitrogen and oxygen atoms in total. The van der Waals surface area contributed by atoms with Gasteiger partial charge in [-0.1, -0.05) is 19.3 Å². The van der Waals surface area contributed by atoms with E-state index in [4.69, 9.17) is 10.8 Å². The van der Waals surface area contributed by atoms with Crippen molar-refractivity contribution < 1.29 is 9.90 Å². The summed E-state index contributed by atoms with van der Waals surface area (Å²) < 4.78 is 1.88. The molecule has 3 N–H and O–H groups in total. The Bertz CT molecular complexity index is 719. The fourth-order valence-electron chi connectivity index (χ4n) is 3.58. The number of rotatable bonds is 5. The summed E-state index contributed by atoms with van der Waals surface area (Å²) in [6.45, 7) is 0.732. The molecule has 1 aliphatic rings. The highest BCUT2D eigenvalue weighted by atomic mass is 16.3. The second kappa shape index (κ2) is 7.21. The molecule has 0 radical (unpaired) electrons. The van der Waals surface area contributed by atoms with E-state index >= 15 is 0 Å². The molecule has 1 heterocycles. The van der Waals surface area contributed by atoms with Crippen molar-refractivity contribution in [3.05, 3.63) is 23.8 Å². The summed E-state index contributed by atoms with van der Waals surface area (Å²) in [6, 6.07) is 5.91. The summed E-state index contributed by atoms with van der Waals surface area (Å²) >= 11 is 0. The molecule has 0 atom stereocenters. The number of aliphatic hydroxyl groups excluding tert-OH is 1. The monoisotopic (exact) mass is 330 g/mol. The zero-order valence-corrected chi connectivity index (χ0v) is 14.2. The summed E-state index contributed by atoms with van der Waals surface area (Å²) in [7, 11) is 1.90. The molecule has 0 bridgehead atoms. The number of carbonyl (C=O) groups excluding carboxylic acids is 1. The van der Waals surface area contributed by atoms with Crippen LogP contribution >= 0.6 is 0 Å². The van der Waals surface area contributed by atoms with Gasteiger partial charge in [0.15, 0.2) is 0 Å². The molecule has 24 heavy (non-hydrogen) atoms. The predicted octanol–water partition coefficient (Wildman–Crippen LogP) is 2.41. The predicted molar refractivity (Wildman–Crippen MR) is 94.8 cm³/mol. The van der Waals surface area contributed by atoms with Crippen LogP contribution in [0.2, 0.25) is 0 Å². The Kier molecular flexibility index (Phi) is 5.04. The Morgan fingerprint density at radius 1 is 1.38 bits per heavy atom. The minimum absolute atomic E-state index is 0.0484. The molecular formula is C18H26N4O2. The smallest absolute Gasteiger partial charge is 0.253 e. The van der Waals surface area contributed by atoms with E-state index in [2.05, 4.69) is 4.98 Å². The van der Waals surface area contributed by atoms with Crippen molar-refractivity contribution in [3.63, 3.8) is 0 Å². The number of hydrogen-bond acceptors (Lipinski definition) is 4. The number of fused-ring (bicyclic) bond motifs is 1. The van der Waals surface area contributed by atoms with Crippen LogP contribution in [0.5, 0.6) is 0 Å². The molecule has 3 rings (SSSR count). The van der Waals surface area contributed by atoms with Gasteiger partial charge >= 0.3 is 0 Å². The normalized spacial score (nSPS) is 15.8. The van der Waals surface area contributed by atoms with E-state index in [1.165, 1.54) is 19.3 Å². The lowest BCUT2D eigenvalue weighted by Gasteiger charge is -2.31. The Morgan fingerprint density at radius 3 is 2.83 bits per heavy atom. The fraction of sp³-hybridized carbons (Fsp3) is 0.556. The maximum Gasteiger partial charge on any atom is 0.253 e. The Hall–Kier alpha value is -2.08. The topological polar surface area (TPSA) is 84.4 Å². The summed E-state index contributed by atoms with van der Waals surface area (Å²) in [5.41, 5.74) is 8.26. The number of benzene rings is 1. The van der Waals surface area contributed by atoms with Crippen LogP contribution in [-0.4, -0.2) is 45.2 Å². The van der Waals surface area contributed by atoms with Gasteiger partial charge < -0.3 is 20.3 Å². The SMILES string of the molecule is CN(C(=O)c1ccc2c(c1)nc(N)n2CCCO)C1CCCCC1. The van der Waals surface area contributed by atoms with Crippen molar-refractivity contribution >= 4 is 22.9 Å². The highest BCUT2D eigenvalue weighted by Crippen LogP contribution is 2.24. The molecular weight excluding hydrogens is 304 g/mol. The van der Waals surface area contributed by atoms with Crippen molar-refractivity contribution in [1.29, 1.82) is 0 Å². The fourth-order valence-corrected chi connectivity index (χ4v) is 3.58. The molecule has 0 unspecified atom stereocenters. The van der Waals surface area contributed by atoms with Gasteiger partial charge in [0.2, 0.25) is 5.95 Å². The molecule has 1 amide bonds. The lowest BCUT2D eigenvalue weighted by Crippen LogP contribution is -2.38. The van der Waals surface area contributed by atoms with E-state index in [0.717, 1.165) is 23.9 Å². The zero-order valence-electron chi connectivity index (χ0n) is 14.2. The number of nitrogens with two attached hydrogens (primary N) is 1. The third-order valence-corrected chi connectivity index (χ3v) is 5.01. The first-order chi connectivity index (χ1) is 11.6. The molecule has 6 heteroatoms. The number of nitrogen functional groups attached to an aromatic ring is 1. The van der Waals surface area contributed by atoms with Gasteiger partial charge in [0.05, 0.1) is 11.0 Å². The number of amides is 1. The number of anilines is 1. The van der Waals surface area contributed by atoms with Crippen molar-refractivity contribution in [2.45, 2.75) is 51.1 Å². The molecule has 1 fully saturated rings. The van der Waals surface area contributed by atoms with Crippen LogP contribution in [0.4, 0.5) is 5.95 Å². The minimum Gasteiger partial charge on any atom is -0.396 e. The summed E-state index contributed by atoms with van der Waals surface area (Å²) in [5.74, 6) is 0.468. The Morgan fingerprint density at radius 2 is 2.12 bits per heavy atom. The first-order valence-electron chi connectivity index (χ1n) is 8.75. The lowest BCUT2D eigenvalue weighted by molar-refractivity contribution is 0.0696. The number of carbonyl (C=O) groups is 1. The average molecular weight is 330 g/mol. The summed E-state index contributed by atoms with van der Waals surface area (Å²) in [4.78, 5) is 19.0. The van der Waals surface area contributed by atoms with Gasteiger partial charge in [-0.05, 0) is 37.5 Å². The van der Waals surface area contributed by atoms with Gasteiger partial charge in [-0.15, -0.1) is 0 Å². The van der Waals surface area contributed by atoms with Crippen molar-refractivity contribution in [3.8, 4) is 0 Å². The van der Waals surface area contributed by atoms with Crippen LogP contribution in [0.25, 0.3) is 11.0 Å². The largest absolute Gasteiger partial charge is 0.396 e. The van der Waals surface area contributed by atoms with Crippen molar-refractivity contribution in [2.24, 2.45) is 0 Å². The van der Waals surface area contributed by atoms with Crippen LogP contribution in [0.15, 0.2) is 18.2 Å². The molecule has 130 valence electrons. The second-order valence-corrected chi connectivity index (χ2v) is 6.61. The van der Waals surface area contributed by atoms with Gasteiger partial charge in [0.25, 0.3) is 5.91 Å². The highest BCUT2D eigenvalue weighted by molar-refractivity contribution is 5.97. The molecule has 1 aliphatic carbocycles. The number of imidazole rings is 1. The van der Waals surface area contributed by atoms with Crippen LogP contribution in [-0.2, 0) is 6.54 Å². The molecule has 0 aliphatic heterocycles. The van der Waals surface area contributed by atoms with Crippen LogP contribution in [0.1, 0.15) is 48.9 Å². The van der Waals surface area contributed by atoms with E-state index in [0.29, 0.717) is 30.5 Å². The summed E-state index contributed by atoms with van der Waals surface area (Å²) in [5, 5.41) is 9.01. The van der Waals surface area contributed by atoms with Gasteiger partial charge in [-0.25, -0.2) is 4.98 Å². The van der Waals surface area contributed by atoms with Crippen LogP contribution < -0.4 is 5.73 Å². The average Bonchev–Trinajstić information content (AvgIpc) is 2.93. The first-order valence-corrected chi connectivity index (χ1v) is 8.75. The Labute approximate surface area is 142 Å². The standard InChI is InChI=1S/C18H26N4O2/c1-21(14-6-3-2-4-7-14)17(24)13-8-9-16-15(12-13)20-18(19)22(16)10-5-11-23/h8-9,12,14,23H,2-7,10-11H2,1H3,(H2,19,20). The second-order valence-electron chi connectivity index (χ2n) is 6.61. The lowest BCUT2D eigenvalue weighted by atomic mass is 9.94. The molecule has 0 spiro atoms. The van der Waals surface area contributed by atoms with Crippen LogP contribution in [0, 0.1) is 0 Å². The number of nitrogens with zero attached hydrogens (tertiary/aromatic N) is 3. The molecule has 2 aromatic rings. The van der Waals surface area contributed by atoms with E-state index in [1.54, 1.807) is 0 Å². The molecule has 1 aromatic carbocycles. The molecule has 0 saturated heterocycles. The van der Waals surface area contributed by atoms with Crippen molar-refractivity contribution in [1.82, 2.24) is 14.5 Å². The zero-order chi connectivity index (χ0) is 17.1. The van der Waals surface area contributed by atoms with Gasteiger partial charge in [-0.3, -0.25) is 4.79 Å².